The summed E-state index contributed by atoms with van der Waals surface area (Å²) in [5.41, 5.74) is 1.32. The van der Waals surface area contributed by atoms with E-state index in [9.17, 15) is 4.79 Å². The Hall–Kier alpha value is -2.14. The first-order chi connectivity index (χ1) is 9.15. The van der Waals surface area contributed by atoms with Crippen molar-refractivity contribution < 1.29 is 9.53 Å². The van der Waals surface area contributed by atoms with Gasteiger partial charge in [-0.15, -0.1) is 0 Å². The van der Waals surface area contributed by atoms with Crippen LogP contribution in [-0.2, 0) is 4.79 Å². The van der Waals surface area contributed by atoms with E-state index in [2.05, 4.69) is 15.3 Å². The maximum absolute atomic E-state index is 11.7. The molecule has 0 atom stereocenters. The third-order valence-corrected chi connectivity index (χ3v) is 2.58. The lowest BCUT2D eigenvalue weighted by molar-refractivity contribution is -0.118. The average Bonchev–Trinajstić information content (AvgIpc) is 2.39. The molecule has 1 aromatic heterocycles. The number of aryl methyl sites for hydroxylation is 1. The number of anilines is 1. The lowest BCUT2D eigenvalue weighted by atomic mass is 10.3. The van der Waals surface area contributed by atoms with Crippen LogP contribution in [0.3, 0.4) is 0 Å². The van der Waals surface area contributed by atoms with Crippen LogP contribution in [0.1, 0.15) is 5.69 Å². The molecule has 1 N–H and O–H groups in total. The van der Waals surface area contributed by atoms with E-state index in [0.717, 1.165) is 5.69 Å². The second-order valence-corrected chi connectivity index (χ2v) is 4.20. The molecule has 0 aliphatic rings. The van der Waals surface area contributed by atoms with Crippen LogP contribution in [-0.4, -0.2) is 22.5 Å². The van der Waals surface area contributed by atoms with E-state index in [1.165, 1.54) is 0 Å². The number of rotatable bonds is 4. The summed E-state index contributed by atoms with van der Waals surface area (Å²) in [5, 5.41) is 3.12. The Balaban J connectivity index is 1.90. The van der Waals surface area contributed by atoms with Gasteiger partial charge in [0.15, 0.2) is 6.61 Å². The van der Waals surface area contributed by atoms with Crippen molar-refractivity contribution in [2.24, 2.45) is 0 Å². The Morgan fingerprint density at radius 1 is 1.37 bits per heavy atom. The maximum Gasteiger partial charge on any atom is 0.317 e. The molecule has 0 fully saturated rings. The number of carbonyl (C=O) groups is 1. The van der Waals surface area contributed by atoms with Gasteiger partial charge in [-0.05, 0) is 25.1 Å². The Morgan fingerprint density at radius 2 is 2.16 bits per heavy atom. The minimum atomic E-state index is -0.321. The second-order valence-electron chi connectivity index (χ2n) is 3.80. The van der Waals surface area contributed by atoms with Gasteiger partial charge in [0.2, 0.25) is 0 Å². The highest BCUT2D eigenvalue weighted by atomic mass is 35.5. The SMILES string of the molecule is Cc1ccnc(OCC(=O)Nc2ccccc2Cl)n1. The maximum atomic E-state index is 11.7. The van der Waals surface area contributed by atoms with E-state index >= 15 is 0 Å². The van der Waals surface area contributed by atoms with Gasteiger partial charge in [0, 0.05) is 11.9 Å². The van der Waals surface area contributed by atoms with Crippen molar-refractivity contribution in [1.29, 1.82) is 0 Å². The largest absolute Gasteiger partial charge is 0.453 e. The highest BCUT2D eigenvalue weighted by Gasteiger charge is 2.07. The van der Waals surface area contributed by atoms with E-state index in [0.29, 0.717) is 10.7 Å². The average molecular weight is 278 g/mol. The highest BCUT2D eigenvalue weighted by molar-refractivity contribution is 6.33. The van der Waals surface area contributed by atoms with Gasteiger partial charge in [0.1, 0.15) is 0 Å². The molecule has 98 valence electrons. The van der Waals surface area contributed by atoms with Gasteiger partial charge >= 0.3 is 6.01 Å². The molecular formula is C13H12ClN3O2. The van der Waals surface area contributed by atoms with Crippen molar-refractivity contribution in [1.82, 2.24) is 9.97 Å². The third kappa shape index (κ3) is 3.93. The summed E-state index contributed by atoms with van der Waals surface area (Å²) in [4.78, 5) is 19.6. The summed E-state index contributed by atoms with van der Waals surface area (Å²) in [6, 6.07) is 8.90. The molecule has 2 aromatic rings. The van der Waals surface area contributed by atoms with Crippen LogP contribution in [0.4, 0.5) is 5.69 Å². The number of amides is 1. The first-order valence-corrected chi connectivity index (χ1v) is 6.00. The van der Waals surface area contributed by atoms with Gasteiger partial charge in [-0.3, -0.25) is 4.79 Å². The van der Waals surface area contributed by atoms with Crippen molar-refractivity contribution in [2.45, 2.75) is 6.92 Å². The minimum absolute atomic E-state index is 0.172. The molecule has 0 saturated carbocycles. The molecule has 0 aliphatic heterocycles. The molecule has 5 nitrogen and oxygen atoms in total. The van der Waals surface area contributed by atoms with Crippen LogP contribution in [0.25, 0.3) is 0 Å². The smallest absolute Gasteiger partial charge is 0.317 e. The third-order valence-electron chi connectivity index (χ3n) is 2.25. The van der Waals surface area contributed by atoms with Crippen LogP contribution < -0.4 is 10.1 Å². The van der Waals surface area contributed by atoms with E-state index in [1.807, 2.05) is 6.92 Å². The zero-order chi connectivity index (χ0) is 13.7. The lowest BCUT2D eigenvalue weighted by Crippen LogP contribution is -2.21. The van der Waals surface area contributed by atoms with Crippen molar-refractivity contribution >= 4 is 23.2 Å². The number of carbonyl (C=O) groups excluding carboxylic acids is 1. The molecule has 0 bridgehead atoms. The molecule has 1 amide bonds. The summed E-state index contributed by atoms with van der Waals surface area (Å²) < 4.78 is 5.18. The van der Waals surface area contributed by atoms with Gasteiger partial charge in [0.25, 0.3) is 5.91 Å². The molecular weight excluding hydrogens is 266 g/mol. The first kappa shape index (κ1) is 13.3. The Morgan fingerprint density at radius 3 is 2.89 bits per heavy atom. The molecule has 19 heavy (non-hydrogen) atoms. The van der Waals surface area contributed by atoms with E-state index in [4.69, 9.17) is 16.3 Å². The Kier molecular flexibility index (Phi) is 4.30. The van der Waals surface area contributed by atoms with Crippen LogP contribution in [0.5, 0.6) is 6.01 Å². The number of nitrogens with zero attached hydrogens (tertiary/aromatic N) is 2. The monoisotopic (exact) mass is 277 g/mol. The fraction of sp³-hybridized carbons (Fsp3) is 0.154. The molecule has 0 unspecified atom stereocenters. The molecule has 1 heterocycles. The Labute approximate surface area is 115 Å². The van der Waals surface area contributed by atoms with Gasteiger partial charge < -0.3 is 10.1 Å². The summed E-state index contributed by atoms with van der Waals surface area (Å²) in [5.74, 6) is -0.321. The fourth-order valence-corrected chi connectivity index (χ4v) is 1.56. The summed E-state index contributed by atoms with van der Waals surface area (Å²) >= 11 is 5.93. The lowest BCUT2D eigenvalue weighted by Gasteiger charge is -2.07. The number of aromatic nitrogens is 2. The van der Waals surface area contributed by atoms with Crippen molar-refractivity contribution in [3.63, 3.8) is 0 Å². The quantitative estimate of drug-likeness (QED) is 0.932. The topological polar surface area (TPSA) is 64.1 Å². The van der Waals surface area contributed by atoms with Crippen LogP contribution >= 0.6 is 11.6 Å². The Bertz CT molecular complexity index is 590. The summed E-state index contributed by atoms with van der Waals surface area (Å²) in [7, 11) is 0. The minimum Gasteiger partial charge on any atom is -0.453 e. The predicted octanol–water partition coefficient (Wildman–Crippen LogP) is 2.46. The molecule has 2 rings (SSSR count). The first-order valence-electron chi connectivity index (χ1n) is 5.62. The zero-order valence-corrected chi connectivity index (χ0v) is 11.0. The van der Waals surface area contributed by atoms with Crippen LogP contribution in [0.2, 0.25) is 5.02 Å². The zero-order valence-electron chi connectivity index (χ0n) is 10.3. The van der Waals surface area contributed by atoms with Crippen molar-refractivity contribution in [3.8, 4) is 6.01 Å². The van der Waals surface area contributed by atoms with Crippen molar-refractivity contribution in [3.05, 3.63) is 47.2 Å². The standard InChI is InChI=1S/C13H12ClN3O2/c1-9-6-7-15-13(16-9)19-8-12(18)17-11-5-3-2-4-10(11)14/h2-7H,8H2,1H3,(H,17,18). The van der Waals surface area contributed by atoms with E-state index in [1.54, 1.807) is 36.5 Å². The van der Waals surface area contributed by atoms with Crippen LogP contribution in [0, 0.1) is 6.92 Å². The summed E-state index contributed by atoms with van der Waals surface area (Å²) in [6.07, 6.45) is 1.57. The highest BCUT2D eigenvalue weighted by Crippen LogP contribution is 2.20. The number of hydrogen-bond donors (Lipinski definition) is 1. The molecule has 0 aliphatic carbocycles. The normalized spacial score (nSPS) is 10.0. The predicted molar refractivity (Wildman–Crippen MR) is 72.3 cm³/mol. The molecule has 0 radical (unpaired) electrons. The number of benzene rings is 1. The van der Waals surface area contributed by atoms with Gasteiger partial charge in [0.05, 0.1) is 10.7 Å². The molecule has 0 spiro atoms. The van der Waals surface area contributed by atoms with E-state index < -0.39 is 0 Å². The number of para-hydroxylation sites is 1. The molecule has 0 saturated heterocycles. The number of nitrogens with one attached hydrogen (secondary N) is 1. The van der Waals surface area contributed by atoms with E-state index in [-0.39, 0.29) is 18.5 Å². The summed E-state index contributed by atoms with van der Waals surface area (Å²) in [6.45, 7) is 1.65. The molecule has 1 aromatic carbocycles. The fourth-order valence-electron chi connectivity index (χ4n) is 1.37. The van der Waals surface area contributed by atoms with Crippen molar-refractivity contribution in [2.75, 3.05) is 11.9 Å². The number of ether oxygens (including phenoxy) is 1. The number of halogens is 1. The number of hydrogen-bond acceptors (Lipinski definition) is 4. The van der Waals surface area contributed by atoms with Gasteiger partial charge in [-0.1, -0.05) is 23.7 Å². The molecule has 6 heteroatoms. The van der Waals surface area contributed by atoms with Gasteiger partial charge in [-0.2, -0.15) is 0 Å². The van der Waals surface area contributed by atoms with Crippen LogP contribution in [0.15, 0.2) is 36.5 Å². The van der Waals surface area contributed by atoms with Gasteiger partial charge in [-0.25, -0.2) is 9.97 Å². The second kappa shape index (κ2) is 6.15.